The van der Waals surface area contributed by atoms with E-state index in [1.807, 2.05) is 6.07 Å². The lowest BCUT2D eigenvalue weighted by Gasteiger charge is -2.10. The van der Waals surface area contributed by atoms with Gasteiger partial charge in [-0.15, -0.1) is 0 Å². The van der Waals surface area contributed by atoms with Gasteiger partial charge >= 0.3 is 5.97 Å². The van der Waals surface area contributed by atoms with Gasteiger partial charge in [0.25, 0.3) is 5.91 Å². The Morgan fingerprint density at radius 1 is 1.47 bits per heavy atom. The van der Waals surface area contributed by atoms with Crippen LogP contribution < -0.4 is 10.6 Å². The summed E-state index contributed by atoms with van der Waals surface area (Å²) in [6, 6.07) is 4.49. The van der Waals surface area contributed by atoms with Crippen LogP contribution in [0.4, 0.5) is 5.69 Å². The predicted octanol–water partition coefficient (Wildman–Crippen LogP) is 0.858. The van der Waals surface area contributed by atoms with Crippen molar-refractivity contribution in [1.29, 1.82) is 0 Å². The first-order valence-electron chi connectivity index (χ1n) is 5.48. The average Bonchev–Trinajstić information content (AvgIpc) is 2.75. The van der Waals surface area contributed by atoms with Crippen molar-refractivity contribution in [2.75, 3.05) is 11.9 Å². The number of carbonyl (C=O) groups excluding carboxylic acids is 1. The summed E-state index contributed by atoms with van der Waals surface area (Å²) in [5.41, 5.74) is 2.62. The van der Waals surface area contributed by atoms with Crippen molar-refractivity contribution in [1.82, 2.24) is 5.32 Å². The van der Waals surface area contributed by atoms with Crippen LogP contribution >= 0.6 is 0 Å². The molecule has 1 heterocycles. The van der Waals surface area contributed by atoms with Crippen molar-refractivity contribution in [2.45, 2.75) is 19.4 Å². The highest BCUT2D eigenvalue weighted by molar-refractivity contribution is 5.97. The van der Waals surface area contributed by atoms with E-state index in [1.165, 1.54) is 12.5 Å². The number of nitrogens with one attached hydrogen (secondary N) is 2. The Labute approximate surface area is 98.8 Å². The number of amides is 1. The van der Waals surface area contributed by atoms with E-state index in [2.05, 4.69) is 10.6 Å². The van der Waals surface area contributed by atoms with E-state index in [4.69, 9.17) is 5.11 Å². The zero-order valence-electron chi connectivity index (χ0n) is 9.49. The minimum Gasteiger partial charge on any atom is -0.480 e. The average molecular weight is 234 g/mol. The minimum absolute atomic E-state index is 0.364. The van der Waals surface area contributed by atoms with E-state index in [1.54, 1.807) is 12.1 Å². The summed E-state index contributed by atoms with van der Waals surface area (Å²) >= 11 is 0. The van der Waals surface area contributed by atoms with Crippen LogP contribution in [-0.2, 0) is 11.2 Å². The molecular formula is C12H14N2O3. The van der Waals surface area contributed by atoms with Crippen molar-refractivity contribution in [3.8, 4) is 0 Å². The van der Waals surface area contributed by atoms with Crippen molar-refractivity contribution in [3.63, 3.8) is 0 Å². The molecule has 0 unspecified atom stereocenters. The number of carboxylic acid groups (broad SMARTS) is 1. The second kappa shape index (κ2) is 4.45. The molecular weight excluding hydrogens is 220 g/mol. The maximum atomic E-state index is 11.8. The molecule has 0 aromatic heterocycles. The van der Waals surface area contributed by atoms with E-state index in [0.717, 1.165) is 18.7 Å². The number of carboxylic acids is 1. The lowest BCUT2D eigenvalue weighted by Crippen LogP contribution is -2.38. The normalized spacial score (nSPS) is 14.6. The fourth-order valence-electron chi connectivity index (χ4n) is 1.77. The van der Waals surface area contributed by atoms with Gasteiger partial charge in [-0.1, -0.05) is 6.07 Å². The maximum absolute atomic E-state index is 11.8. The summed E-state index contributed by atoms with van der Waals surface area (Å²) in [7, 11) is 0. The Balaban J connectivity index is 2.12. The van der Waals surface area contributed by atoms with Crippen LogP contribution in [0.5, 0.6) is 0 Å². The second-order valence-electron chi connectivity index (χ2n) is 4.08. The summed E-state index contributed by atoms with van der Waals surface area (Å²) in [6.45, 7) is 2.32. The summed E-state index contributed by atoms with van der Waals surface area (Å²) in [5, 5.41) is 14.3. The Hall–Kier alpha value is -2.04. The third-order valence-electron chi connectivity index (χ3n) is 2.80. The van der Waals surface area contributed by atoms with E-state index < -0.39 is 12.0 Å². The molecule has 0 bridgehead atoms. The molecule has 1 aliphatic rings. The summed E-state index contributed by atoms with van der Waals surface area (Å²) in [4.78, 5) is 22.4. The Morgan fingerprint density at radius 3 is 2.94 bits per heavy atom. The summed E-state index contributed by atoms with van der Waals surface area (Å²) in [6.07, 6.45) is 0.961. The van der Waals surface area contributed by atoms with Gasteiger partial charge in [-0.2, -0.15) is 0 Å². The van der Waals surface area contributed by atoms with Gasteiger partial charge in [0.05, 0.1) is 0 Å². The number of hydrogen-bond donors (Lipinski definition) is 3. The minimum atomic E-state index is -1.04. The monoisotopic (exact) mass is 234 g/mol. The summed E-state index contributed by atoms with van der Waals surface area (Å²) < 4.78 is 0. The van der Waals surface area contributed by atoms with Crippen molar-refractivity contribution >= 4 is 17.6 Å². The van der Waals surface area contributed by atoms with Gasteiger partial charge in [-0.25, -0.2) is 0 Å². The fraction of sp³-hybridized carbons (Fsp3) is 0.333. The fourth-order valence-corrected chi connectivity index (χ4v) is 1.77. The Morgan fingerprint density at radius 2 is 2.24 bits per heavy atom. The first-order chi connectivity index (χ1) is 8.08. The first kappa shape index (κ1) is 11.4. The molecule has 0 saturated heterocycles. The SMILES string of the molecule is C[C@@H](NC(=O)c1ccc2c(c1)NCC2)C(=O)O. The highest BCUT2D eigenvalue weighted by atomic mass is 16.4. The third-order valence-corrected chi connectivity index (χ3v) is 2.80. The number of anilines is 1. The van der Waals surface area contributed by atoms with Crippen LogP contribution in [0.15, 0.2) is 18.2 Å². The van der Waals surface area contributed by atoms with Gasteiger partial charge in [0.1, 0.15) is 6.04 Å². The zero-order chi connectivity index (χ0) is 12.4. The molecule has 90 valence electrons. The number of fused-ring (bicyclic) bond motifs is 1. The molecule has 0 radical (unpaired) electrons. The molecule has 0 saturated carbocycles. The standard InChI is InChI=1S/C12H14N2O3/c1-7(12(16)17)14-11(15)9-3-2-8-4-5-13-10(8)6-9/h2-3,6-7,13H,4-5H2,1H3,(H,14,15)(H,16,17)/t7-/m1/s1. The molecule has 0 spiro atoms. The molecule has 1 atom stereocenters. The predicted molar refractivity (Wildman–Crippen MR) is 63.2 cm³/mol. The largest absolute Gasteiger partial charge is 0.480 e. The van der Waals surface area contributed by atoms with Crippen LogP contribution in [0, 0.1) is 0 Å². The third kappa shape index (κ3) is 2.38. The Kier molecular flexibility index (Phi) is 2.99. The lowest BCUT2D eigenvalue weighted by molar-refractivity contribution is -0.138. The molecule has 0 fully saturated rings. The van der Waals surface area contributed by atoms with Crippen LogP contribution in [0.3, 0.4) is 0 Å². The first-order valence-corrected chi connectivity index (χ1v) is 5.48. The molecule has 1 aromatic carbocycles. The van der Waals surface area contributed by atoms with Gasteiger partial charge in [0.15, 0.2) is 0 Å². The van der Waals surface area contributed by atoms with Crippen molar-refractivity contribution < 1.29 is 14.7 Å². The molecule has 0 aliphatic carbocycles. The maximum Gasteiger partial charge on any atom is 0.325 e. The van der Waals surface area contributed by atoms with Gasteiger partial charge in [0, 0.05) is 17.8 Å². The molecule has 1 amide bonds. The molecule has 5 heteroatoms. The molecule has 1 aromatic rings. The van der Waals surface area contributed by atoms with E-state index in [9.17, 15) is 9.59 Å². The second-order valence-corrected chi connectivity index (χ2v) is 4.08. The quantitative estimate of drug-likeness (QED) is 0.724. The molecule has 1 aliphatic heterocycles. The van der Waals surface area contributed by atoms with E-state index in [-0.39, 0.29) is 5.91 Å². The number of rotatable bonds is 3. The lowest BCUT2D eigenvalue weighted by atomic mass is 10.1. The van der Waals surface area contributed by atoms with Crippen LogP contribution in [0.1, 0.15) is 22.8 Å². The smallest absolute Gasteiger partial charge is 0.325 e. The van der Waals surface area contributed by atoms with E-state index in [0.29, 0.717) is 5.56 Å². The van der Waals surface area contributed by atoms with Gasteiger partial charge in [0.2, 0.25) is 0 Å². The number of carbonyl (C=O) groups is 2. The van der Waals surface area contributed by atoms with Gasteiger partial charge in [-0.3, -0.25) is 9.59 Å². The highest BCUT2D eigenvalue weighted by Crippen LogP contribution is 2.23. The number of benzene rings is 1. The highest BCUT2D eigenvalue weighted by Gasteiger charge is 2.17. The van der Waals surface area contributed by atoms with Crippen LogP contribution in [0.25, 0.3) is 0 Å². The van der Waals surface area contributed by atoms with Crippen molar-refractivity contribution in [2.24, 2.45) is 0 Å². The van der Waals surface area contributed by atoms with E-state index >= 15 is 0 Å². The molecule has 3 N–H and O–H groups in total. The van der Waals surface area contributed by atoms with Crippen molar-refractivity contribution in [3.05, 3.63) is 29.3 Å². The van der Waals surface area contributed by atoms with Crippen LogP contribution in [-0.4, -0.2) is 29.6 Å². The topological polar surface area (TPSA) is 78.4 Å². The Bertz CT molecular complexity index is 471. The molecule has 17 heavy (non-hydrogen) atoms. The number of hydrogen-bond acceptors (Lipinski definition) is 3. The zero-order valence-corrected chi connectivity index (χ0v) is 9.49. The van der Waals surface area contributed by atoms with Gasteiger partial charge < -0.3 is 15.7 Å². The van der Waals surface area contributed by atoms with Gasteiger partial charge in [-0.05, 0) is 31.0 Å². The number of aliphatic carboxylic acids is 1. The van der Waals surface area contributed by atoms with Crippen LogP contribution in [0.2, 0.25) is 0 Å². The molecule has 5 nitrogen and oxygen atoms in total. The molecule has 2 rings (SSSR count). The summed E-state index contributed by atoms with van der Waals surface area (Å²) in [5.74, 6) is -1.41.